The minimum atomic E-state index is -0.657. The molecule has 1 aromatic heterocycles. The van der Waals surface area contributed by atoms with Crippen LogP contribution < -0.4 is 10.6 Å². The molecule has 1 saturated heterocycles. The maximum absolute atomic E-state index is 12.1. The molecule has 0 unspecified atom stereocenters. The van der Waals surface area contributed by atoms with E-state index in [1.807, 2.05) is 6.92 Å². The number of carbonyl (C=O) groups excluding carboxylic acids is 2. The second kappa shape index (κ2) is 9.35. The van der Waals surface area contributed by atoms with Gasteiger partial charge in [0.1, 0.15) is 0 Å². The molecule has 144 valence electrons. The van der Waals surface area contributed by atoms with Crippen LogP contribution in [-0.2, 0) is 16.1 Å². The number of halogens is 1. The number of thiophene rings is 1. The number of anilines is 1. The van der Waals surface area contributed by atoms with Gasteiger partial charge in [-0.2, -0.15) is 11.3 Å². The molecule has 5 nitrogen and oxygen atoms in total. The zero-order valence-corrected chi connectivity index (χ0v) is 16.9. The number of carbonyl (C=O) groups is 2. The van der Waals surface area contributed by atoms with Crippen molar-refractivity contribution in [2.24, 2.45) is 5.92 Å². The van der Waals surface area contributed by atoms with Crippen molar-refractivity contribution in [1.82, 2.24) is 10.2 Å². The zero-order valence-electron chi connectivity index (χ0n) is 15.3. The number of nitrogens with zero attached hydrogens (tertiary/aromatic N) is 1. The van der Waals surface area contributed by atoms with Crippen LogP contribution in [0.15, 0.2) is 35.0 Å². The van der Waals surface area contributed by atoms with Crippen molar-refractivity contribution in [2.75, 3.05) is 25.0 Å². The summed E-state index contributed by atoms with van der Waals surface area (Å²) >= 11 is 7.67. The van der Waals surface area contributed by atoms with Crippen LogP contribution in [0.4, 0.5) is 5.69 Å². The largest absolute Gasteiger partial charge is 0.348 e. The smallest absolute Gasteiger partial charge is 0.313 e. The highest BCUT2D eigenvalue weighted by Crippen LogP contribution is 2.21. The summed E-state index contributed by atoms with van der Waals surface area (Å²) < 4.78 is 0. The molecule has 0 saturated carbocycles. The van der Waals surface area contributed by atoms with E-state index in [0.29, 0.717) is 23.2 Å². The summed E-state index contributed by atoms with van der Waals surface area (Å²) in [7, 11) is 0. The monoisotopic (exact) mass is 405 g/mol. The van der Waals surface area contributed by atoms with Gasteiger partial charge in [0.25, 0.3) is 0 Å². The number of amides is 2. The lowest BCUT2D eigenvalue weighted by atomic mass is 9.96. The number of likely N-dealkylation sites (tertiary alicyclic amines) is 1. The number of hydrogen-bond acceptors (Lipinski definition) is 4. The molecule has 3 rings (SSSR count). The molecule has 7 heteroatoms. The fourth-order valence-electron chi connectivity index (χ4n) is 3.21. The molecular weight excluding hydrogens is 382 g/mol. The first-order valence-corrected chi connectivity index (χ1v) is 10.4. The Labute approximate surface area is 168 Å². The van der Waals surface area contributed by atoms with Crippen LogP contribution in [0.3, 0.4) is 0 Å². The van der Waals surface area contributed by atoms with E-state index in [9.17, 15) is 9.59 Å². The van der Waals surface area contributed by atoms with E-state index in [2.05, 4.69) is 32.4 Å². The van der Waals surface area contributed by atoms with Gasteiger partial charge >= 0.3 is 11.8 Å². The molecule has 2 heterocycles. The summed E-state index contributed by atoms with van der Waals surface area (Å²) in [5.74, 6) is -0.848. The zero-order chi connectivity index (χ0) is 19.2. The fourth-order valence-corrected chi connectivity index (χ4v) is 4.05. The number of piperidine rings is 1. The molecule has 0 spiro atoms. The third kappa shape index (κ3) is 5.79. The standard InChI is InChI=1S/C20H24ClN3O2S/c1-14-2-3-17(21)10-18(14)23-20(26)19(25)22-11-15-4-7-24(8-5-15)12-16-6-9-27-13-16/h2-3,6,9-10,13,15H,4-5,7-8,11-12H2,1H3,(H,22,25)(H,23,26). The molecule has 1 aliphatic rings. The minimum Gasteiger partial charge on any atom is -0.348 e. The van der Waals surface area contributed by atoms with Crippen LogP contribution in [0.2, 0.25) is 5.02 Å². The second-order valence-electron chi connectivity index (χ2n) is 6.97. The normalized spacial score (nSPS) is 15.5. The molecule has 27 heavy (non-hydrogen) atoms. The second-order valence-corrected chi connectivity index (χ2v) is 8.19. The van der Waals surface area contributed by atoms with Crippen molar-refractivity contribution in [2.45, 2.75) is 26.3 Å². The van der Waals surface area contributed by atoms with Gasteiger partial charge in [-0.25, -0.2) is 0 Å². The van der Waals surface area contributed by atoms with Gasteiger partial charge in [0, 0.05) is 23.8 Å². The Hall–Kier alpha value is -1.89. The van der Waals surface area contributed by atoms with Crippen molar-refractivity contribution >= 4 is 40.4 Å². The number of hydrogen-bond donors (Lipinski definition) is 2. The van der Waals surface area contributed by atoms with Gasteiger partial charge < -0.3 is 10.6 Å². The Kier molecular flexibility index (Phi) is 6.88. The topological polar surface area (TPSA) is 61.4 Å². The van der Waals surface area contributed by atoms with Crippen LogP contribution in [0, 0.1) is 12.8 Å². The number of benzene rings is 1. The van der Waals surface area contributed by atoms with E-state index in [0.717, 1.165) is 38.0 Å². The minimum absolute atomic E-state index is 0.411. The van der Waals surface area contributed by atoms with Crippen molar-refractivity contribution in [3.8, 4) is 0 Å². The first-order valence-electron chi connectivity index (χ1n) is 9.10. The Bertz CT molecular complexity index is 787. The molecule has 0 atom stereocenters. The molecule has 1 fully saturated rings. The third-order valence-electron chi connectivity index (χ3n) is 4.90. The van der Waals surface area contributed by atoms with E-state index < -0.39 is 11.8 Å². The predicted octanol–water partition coefficient (Wildman–Crippen LogP) is 3.68. The lowest BCUT2D eigenvalue weighted by molar-refractivity contribution is -0.136. The van der Waals surface area contributed by atoms with Crippen molar-refractivity contribution in [1.29, 1.82) is 0 Å². The van der Waals surface area contributed by atoms with Crippen LogP contribution in [0.5, 0.6) is 0 Å². The molecule has 1 aromatic carbocycles. The Morgan fingerprint density at radius 2 is 2.00 bits per heavy atom. The summed E-state index contributed by atoms with van der Waals surface area (Å²) in [6.07, 6.45) is 2.05. The number of aryl methyl sites for hydroxylation is 1. The van der Waals surface area contributed by atoms with Crippen LogP contribution in [0.1, 0.15) is 24.0 Å². The first kappa shape index (κ1) is 19.9. The summed E-state index contributed by atoms with van der Waals surface area (Å²) in [5.41, 5.74) is 2.78. The van der Waals surface area contributed by atoms with Crippen molar-refractivity contribution in [3.05, 3.63) is 51.2 Å². The summed E-state index contributed by atoms with van der Waals surface area (Å²) in [6.45, 7) is 5.42. The lowest BCUT2D eigenvalue weighted by Crippen LogP contribution is -2.41. The van der Waals surface area contributed by atoms with Crippen molar-refractivity contribution in [3.63, 3.8) is 0 Å². The van der Waals surface area contributed by atoms with E-state index in [4.69, 9.17) is 11.6 Å². The van der Waals surface area contributed by atoms with Gasteiger partial charge in [-0.3, -0.25) is 14.5 Å². The molecule has 2 N–H and O–H groups in total. The third-order valence-corrected chi connectivity index (χ3v) is 5.87. The highest BCUT2D eigenvalue weighted by molar-refractivity contribution is 7.07. The quantitative estimate of drug-likeness (QED) is 0.746. The fraction of sp³-hybridized carbons (Fsp3) is 0.400. The molecule has 2 amide bonds. The summed E-state index contributed by atoms with van der Waals surface area (Å²) in [5, 5.41) is 10.2. The van der Waals surface area contributed by atoms with Gasteiger partial charge in [-0.1, -0.05) is 17.7 Å². The maximum Gasteiger partial charge on any atom is 0.313 e. The van der Waals surface area contributed by atoms with Gasteiger partial charge in [-0.05, 0) is 78.9 Å². The maximum atomic E-state index is 12.1. The first-order chi connectivity index (χ1) is 13.0. The van der Waals surface area contributed by atoms with Gasteiger partial charge in [0.2, 0.25) is 0 Å². The Balaban J connectivity index is 1.40. The summed E-state index contributed by atoms with van der Waals surface area (Å²) in [6, 6.07) is 7.36. The average Bonchev–Trinajstić information content (AvgIpc) is 3.17. The average molecular weight is 406 g/mol. The van der Waals surface area contributed by atoms with Crippen molar-refractivity contribution < 1.29 is 9.59 Å². The molecule has 2 aromatic rings. The van der Waals surface area contributed by atoms with Crippen LogP contribution in [-0.4, -0.2) is 36.3 Å². The summed E-state index contributed by atoms with van der Waals surface area (Å²) in [4.78, 5) is 26.6. The molecule has 1 aliphatic heterocycles. The van der Waals surface area contributed by atoms with E-state index in [1.54, 1.807) is 29.5 Å². The number of nitrogens with one attached hydrogen (secondary N) is 2. The van der Waals surface area contributed by atoms with Crippen LogP contribution >= 0.6 is 22.9 Å². The molecule has 0 radical (unpaired) electrons. The highest BCUT2D eigenvalue weighted by atomic mass is 35.5. The van der Waals surface area contributed by atoms with E-state index in [1.165, 1.54) is 5.56 Å². The molecule has 0 bridgehead atoms. The SMILES string of the molecule is Cc1ccc(Cl)cc1NC(=O)C(=O)NCC1CCN(Cc2ccsc2)CC1. The number of rotatable bonds is 5. The Morgan fingerprint density at radius 1 is 1.22 bits per heavy atom. The highest BCUT2D eigenvalue weighted by Gasteiger charge is 2.21. The van der Waals surface area contributed by atoms with Gasteiger partial charge in [-0.15, -0.1) is 0 Å². The predicted molar refractivity (Wildman–Crippen MR) is 110 cm³/mol. The molecule has 0 aliphatic carbocycles. The van der Waals surface area contributed by atoms with E-state index >= 15 is 0 Å². The Morgan fingerprint density at radius 3 is 2.70 bits per heavy atom. The van der Waals surface area contributed by atoms with Gasteiger partial charge in [0.15, 0.2) is 0 Å². The van der Waals surface area contributed by atoms with Gasteiger partial charge in [0.05, 0.1) is 0 Å². The lowest BCUT2D eigenvalue weighted by Gasteiger charge is -2.31. The van der Waals surface area contributed by atoms with E-state index in [-0.39, 0.29) is 0 Å². The molecular formula is C20H24ClN3O2S. The van der Waals surface area contributed by atoms with Crippen LogP contribution in [0.25, 0.3) is 0 Å².